The number of carboxylic acids is 2. The average molecular weight is 873 g/mol. The Kier molecular flexibility index (Phi) is 11.3. The molecule has 14 nitrogen and oxygen atoms in total. The highest BCUT2D eigenvalue weighted by Crippen LogP contribution is 2.63. The third-order valence-corrected chi connectivity index (χ3v) is 14.9. The van der Waals surface area contributed by atoms with Gasteiger partial charge in [0.1, 0.15) is 0 Å². The molecule has 2 bridgehead atoms. The summed E-state index contributed by atoms with van der Waals surface area (Å²) < 4.78 is 3.76. The number of hydrogen-bond donors (Lipinski definition) is 4. The molecule has 2 amide bonds. The number of hydrogen-bond acceptors (Lipinski definition) is 8. The van der Waals surface area contributed by atoms with E-state index >= 15 is 0 Å². The van der Waals surface area contributed by atoms with Crippen LogP contribution in [0.1, 0.15) is 104 Å². The van der Waals surface area contributed by atoms with E-state index in [4.69, 9.17) is 21.6 Å². The van der Waals surface area contributed by atoms with Gasteiger partial charge in [0.2, 0.25) is 0 Å². The molecule has 2 aromatic heterocycles. The van der Waals surface area contributed by atoms with E-state index in [0.29, 0.717) is 46.7 Å². The lowest BCUT2D eigenvalue weighted by Crippen LogP contribution is -2.34. The summed E-state index contributed by atoms with van der Waals surface area (Å²) in [5.74, 6) is -1.60. The smallest absolute Gasteiger partial charge is 0.335 e. The standard InChI is InChI=1S/C48H53ClN8O6/c1-29-32(6-4-8-34(29)52-43(58)41-51-37-27-57(24-16-39(37)54(41)2)25-21-47-17-19-48(28-47,20-18-47)46(62)63)33-7-5-9-35(40(33)49)53-44(59)42-50-36-26-56(23-15-38(36)55(42)3)22-14-30-10-12-31(13-11-30)45(60)61/h4-13H,14-28H2,1-3H3,(H,52,58)(H,53,59)(H,60,61)(H,62,63). The second kappa shape index (κ2) is 16.7. The fourth-order valence-electron chi connectivity index (χ4n) is 10.7. The normalized spacial score (nSPS) is 20.6. The van der Waals surface area contributed by atoms with Crippen molar-refractivity contribution in [2.24, 2.45) is 24.9 Å². The minimum Gasteiger partial charge on any atom is -0.481 e. The number of carboxylic acid groups (broad SMARTS) is 2. The van der Waals surface area contributed by atoms with Crippen LogP contribution in [0.2, 0.25) is 5.02 Å². The summed E-state index contributed by atoms with van der Waals surface area (Å²) in [6.45, 7) is 6.56. The lowest BCUT2D eigenvalue weighted by molar-refractivity contribution is -0.148. The summed E-state index contributed by atoms with van der Waals surface area (Å²) in [4.78, 5) is 65.1. The van der Waals surface area contributed by atoms with Gasteiger partial charge in [-0.2, -0.15) is 0 Å². The molecule has 2 saturated carbocycles. The molecule has 9 rings (SSSR count). The van der Waals surface area contributed by atoms with Crippen molar-refractivity contribution in [2.45, 2.75) is 77.8 Å². The number of rotatable bonds is 13. The minimum atomic E-state index is -0.941. The van der Waals surface area contributed by atoms with Gasteiger partial charge >= 0.3 is 11.9 Å². The van der Waals surface area contributed by atoms with Crippen molar-refractivity contribution in [3.05, 3.63) is 117 Å². The largest absolute Gasteiger partial charge is 0.481 e. The first-order valence-electron chi connectivity index (χ1n) is 21.8. The zero-order valence-electron chi connectivity index (χ0n) is 36.0. The first-order valence-corrected chi connectivity index (χ1v) is 22.2. The number of nitrogens with zero attached hydrogens (tertiary/aromatic N) is 6. The van der Waals surface area contributed by atoms with Gasteiger partial charge in [-0.1, -0.05) is 48.0 Å². The lowest BCUT2D eigenvalue weighted by atomic mass is 9.80. The maximum absolute atomic E-state index is 13.9. The van der Waals surface area contributed by atoms with Crippen molar-refractivity contribution in [2.75, 3.05) is 36.8 Å². The zero-order chi connectivity index (χ0) is 44.2. The molecule has 2 fully saturated rings. The van der Waals surface area contributed by atoms with Gasteiger partial charge in [0.05, 0.1) is 33.1 Å². The molecule has 0 radical (unpaired) electrons. The van der Waals surface area contributed by atoms with E-state index in [0.717, 1.165) is 123 Å². The minimum absolute atomic E-state index is 0.133. The number of nitrogens with one attached hydrogen (secondary N) is 2. The number of imidazole rings is 2. The van der Waals surface area contributed by atoms with Crippen LogP contribution < -0.4 is 10.6 Å². The monoisotopic (exact) mass is 872 g/mol. The van der Waals surface area contributed by atoms with Crippen LogP contribution in [0.25, 0.3) is 11.1 Å². The Bertz CT molecular complexity index is 2640. The third kappa shape index (κ3) is 8.04. The van der Waals surface area contributed by atoms with Gasteiger partial charge in [0, 0.05) is 82.3 Å². The van der Waals surface area contributed by atoms with Crippen LogP contribution in [0.4, 0.5) is 11.4 Å². The maximum atomic E-state index is 13.9. The van der Waals surface area contributed by atoms with Crippen LogP contribution in [0.15, 0.2) is 60.7 Å². The molecule has 5 aromatic rings. The second-order valence-electron chi connectivity index (χ2n) is 18.1. The van der Waals surface area contributed by atoms with Crippen LogP contribution in [0.3, 0.4) is 0 Å². The summed E-state index contributed by atoms with van der Waals surface area (Å²) in [5, 5.41) is 25.5. The molecule has 328 valence electrons. The molecule has 0 spiro atoms. The molecule has 2 aliphatic carbocycles. The highest BCUT2D eigenvalue weighted by Gasteiger charge is 2.57. The first kappa shape index (κ1) is 42.5. The molecule has 0 saturated heterocycles. The van der Waals surface area contributed by atoms with Crippen LogP contribution >= 0.6 is 11.6 Å². The van der Waals surface area contributed by atoms with E-state index in [1.807, 2.05) is 72.6 Å². The van der Waals surface area contributed by atoms with Gasteiger partial charge in [-0.25, -0.2) is 14.8 Å². The van der Waals surface area contributed by atoms with Gasteiger partial charge in [-0.3, -0.25) is 24.2 Å². The Morgan fingerprint density at radius 3 is 1.86 bits per heavy atom. The van der Waals surface area contributed by atoms with Gasteiger partial charge < -0.3 is 30.0 Å². The number of carbonyl (C=O) groups is 4. The Balaban J connectivity index is 0.838. The average Bonchev–Trinajstić information content (AvgIpc) is 4.04. The summed E-state index contributed by atoms with van der Waals surface area (Å²) in [6, 6.07) is 18.1. The van der Waals surface area contributed by atoms with E-state index in [-0.39, 0.29) is 22.8 Å². The predicted molar refractivity (Wildman–Crippen MR) is 239 cm³/mol. The Labute approximate surface area is 371 Å². The summed E-state index contributed by atoms with van der Waals surface area (Å²) in [6.07, 6.45) is 7.67. The number of aliphatic carboxylic acids is 1. The fourth-order valence-corrected chi connectivity index (χ4v) is 10.9. The maximum Gasteiger partial charge on any atom is 0.335 e. The molecule has 4 aliphatic rings. The van der Waals surface area contributed by atoms with Gasteiger partial charge in [-0.05, 0) is 105 Å². The molecule has 4 N–H and O–H groups in total. The van der Waals surface area contributed by atoms with Crippen molar-refractivity contribution >= 4 is 46.7 Å². The van der Waals surface area contributed by atoms with E-state index in [1.165, 1.54) is 0 Å². The van der Waals surface area contributed by atoms with Crippen LogP contribution in [0.5, 0.6) is 0 Å². The van der Waals surface area contributed by atoms with Crippen molar-refractivity contribution in [3.63, 3.8) is 0 Å². The number of amides is 2. The molecular formula is C48H53ClN8O6. The molecule has 63 heavy (non-hydrogen) atoms. The molecule has 0 atom stereocenters. The van der Waals surface area contributed by atoms with E-state index in [1.54, 1.807) is 18.2 Å². The van der Waals surface area contributed by atoms with Gasteiger partial charge in [0.15, 0.2) is 11.6 Å². The number of anilines is 2. The molecule has 4 heterocycles. The quantitative estimate of drug-likeness (QED) is 0.0936. The van der Waals surface area contributed by atoms with Crippen molar-refractivity contribution < 1.29 is 29.4 Å². The zero-order valence-corrected chi connectivity index (χ0v) is 36.7. The van der Waals surface area contributed by atoms with Gasteiger partial charge in [0.25, 0.3) is 11.8 Å². The topological polar surface area (TPSA) is 175 Å². The number of halogens is 1. The highest BCUT2D eigenvalue weighted by molar-refractivity contribution is 6.36. The fraction of sp³-hybridized carbons (Fsp3) is 0.417. The predicted octanol–water partition coefficient (Wildman–Crippen LogP) is 7.37. The number of carbonyl (C=O) groups excluding carboxylic acids is 2. The van der Waals surface area contributed by atoms with Gasteiger partial charge in [-0.15, -0.1) is 0 Å². The third-order valence-electron chi connectivity index (χ3n) is 14.5. The summed E-state index contributed by atoms with van der Waals surface area (Å²) >= 11 is 7.05. The first-order chi connectivity index (χ1) is 30.2. The van der Waals surface area contributed by atoms with Crippen LogP contribution in [0, 0.1) is 17.8 Å². The van der Waals surface area contributed by atoms with Crippen molar-refractivity contribution in [1.82, 2.24) is 28.9 Å². The summed E-state index contributed by atoms with van der Waals surface area (Å²) in [5.41, 5.74) is 8.17. The number of aromatic carboxylic acids is 1. The van der Waals surface area contributed by atoms with E-state index < -0.39 is 17.4 Å². The molecule has 2 aliphatic heterocycles. The Morgan fingerprint density at radius 2 is 1.29 bits per heavy atom. The molecule has 0 unspecified atom stereocenters. The highest BCUT2D eigenvalue weighted by atomic mass is 35.5. The van der Waals surface area contributed by atoms with E-state index in [9.17, 15) is 29.4 Å². The number of aromatic nitrogens is 4. The molecule has 15 heteroatoms. The van der Waals surface area contributed by atoms with Crippen LogP contribution in [-0.4, -0.2) is 89.0 Å². The Hall–Kier alpha value is -5.83. The van der Waals surface area contributed by atoms with E-state index in [2.05, 4.69) is 20.4 Å². The SMILES string of the molecule is Cc1c(NC(=O)c2nc3c(n2C)CCN(CCC24CCC(C(=O)O)(CC2)C4)C3)cccc1-c1cccc(NC(=O)c2nc3c(n2C)CCN(CCc2ccc(C(=O)O)cc2)C3)c1Cl. The van der Waals surface area contributed by atoms with Crippen molar-refractivity contribution in [3.8, 4) is 11.1 Å². The molecule has 3 aromatic carbocycles. The Morgan fingerprint density at radius 1 is 0.730 bits per heavy atom. The lowest BCUT2D eigenvalue weighted by Gasteiger charge is -2.32. The van der Waals surface area contributed by atoms with Crippen LogP contribution in [-0.2, 0) is 51.2 Å². The summed E-state index contributed by atoms with van der Waals surface area (Å²) in [7, 11) is 3.75. The molecular weight excluding hydrogens is 820 g/mol. The van der Waals surface area contributed by atoms with Crippen molar-refractivity contribution in [1.29, 1.82) is 0 Å². The number of fused-ring (bicyclic) bond motifs is 4. The second-order valence-corrected chi connectivity index (χ2v) is 18.5. The number of benzene rings is 3.